The number of hydrogen-bond acceptors (Lipinski definition) is 3. The third kappa shape index (κ3) is 0.838. The Hall–Kier alpha value is -0.700. The lowest BCUT2D eigenvalue weighted by Gasteiger charge is -1.94. The van der Waals surface area contributed by atoms with Gasteiger partial charge in [-0.1, -0.05) is 6.92 Å². The Morgan fingerprint density at radius 3 is 2.86 bits per heavy atom. The second-order valence-electron chi connectivity index (χ2n) is 1.42. The van der Waals surface area contributed by atoms with Crippen molar-refractivity contribution in [2.75, 3.05) is 0 Å². The van der Waals surface area contributed by atoms with E-state index in [1.54, 1.807) is 0 Å². The van der Waals surface area contributed by atoms with E-state index in [1.807, 2.05) is 6.20 Å². The van der Waals surface area contributed by atoms with Crippen molar-refractivity contribution in [1.82, 2.24) is 16.4 Å². The SMILES string of the molecule is CCC1=CNNN1. The summed E-state index contributed by atoms with van der Waals surface area (Å²) < 4.78 is 0. The molecular formula is C4H9N3. The van der Waals surface area contributed by atoms with Crippen LogP contribution < -0.4 is 16.4 Å². The number of rotatable bonds is 1. The first-order valence-electron chi connectivity index (χ1n) is 2.39. The molecular weight excluding hydrogens is 90.1 g/mol. The number of hydrazine groups is 2. The Balaban J connectivity index is 2.36. The predicted molar refractivity (Wildman–Crippen MR) is 27.8 cm³/mol. The zero-order chi connectivity index (χ0) is 5.11. The smallest absolute Gasteiger partial charge is 0.0448 e. The highest BCUT2D eigenvalue weighted by Crippen LogP contribution is 1.92. The standard InChI is InChI=1S/C4H9N3/c1-2-4-3-5-7-6-4/h3,5-7H,2H2,1H3. The normalized spacial score (nSPS) is 17.6. The van der Waals surface area contributed by atoms with E-state index in [4.69, 9.17) is 0 Å². The molecule has 1 heterocycles. The van der Waals surface area contributed by atoms with Gasteiger partial charge >= 0.3 is 0 Å². The van der Waals surface area contributed by atoms with Gasteiger partial charge in [-0.15, -0.1) is 0 Å². The molecule has 40 valence electrons. The molecule has 3 N–H and O–H groups in total. The first kappa shape index (κ1) is 4.46. The van der Waals surface area contributed by atoms with Crippen LogP contribution in [0.5, 0.6) is 0 Å². The molecule has 1 aliphatic rings. The Bertz CT molecular complexity index is 86.9. The van der Waals surface area contributed by atoms with E-state index in [1.165, 1.54) is 5.70 Å². The van der Waals surface area contributed by atoms with E-state index < -0.39 is 0 Å². The molecule has 0 aromatic heterocycles. The van der Waals surface area contributed by atoms with Crippen LogP contribution in [0.25, 0.3) is 0 Å². The maximum absolute atomic E-state index is 2.91. The van der Waals surface area contributed by atoms with Crippen molar-refractivity contribution in [1.29, 1.82) is 0 Å². The number of nitrogens with one attached hydrogen (secondary N) is 3. The summed E-state index contributed by atoms with van der Waals surface area (Å²) in [5, 5.41) is 0. The zero-order valence-electron chi connectivity index (χ0n) is 4.28. The fraction of sp³-hybridized carbons (Fsp3) is 0.500. The Labute approximate surface area is 42.7 Å². The summed E-state index contributed by atoms with van der Waals surface area (Å²) in [6.07, 6.45) is 2.94. The minimum Gasteiger partial charge on any atom is -0.310 e. The summed E-state index contributed by atoms with van der Waals surface area (Å²) in [5.74, 6) is 0. The highest BCUT2D eigenvalue weighted by Gasteiger charge is 1.94. The molecule has 3 nitrogen and oxygen atoms in total. The maximum Gasteiger partial charge on any atom is 0.0448 e. The molecule has 0 spiro atoms. The monoisotopic (exact) mass is 99.1 g/mol. The van der Waals surface area contributed by atoms with Gasteiger partial charge in [-0.25, -0.2) is 0 Å². The average molecular weight is 99.1 g/mol. The topological polar surface area (TPSA) is 36.1 Å². The number of hydrogen-bond donors (Lipinski definition) is 3. The minimum absolute atomic E-state index is 1.04. The second kappa shape index (κ2) is 1.84. The van der Waals surface area contributed by atoms with Crippen LogP contribution in [0.3, 0.4) is 0 Å². The molecule has 0 aliphatic carbocycles. The first-order chi connectivity index (χ1) is 3.43. The van der Waals surface area contributed by atoms with Crippen LogP contribution >= 0.6 is 0 Å². The molecule has 0 amide bonds. The van der Waals surface area contributed by atoms with E-state index in [9.17, 15) is 0 Å². The van der Waals surface area contributed by atoms with Gasteiger partial charge in [0.15, 0.2) is 0 Å². The van der Waals surface area contributed by atoms with Crippen LogP contribution in [0.15, 0.2) is 11.9 Å². The fourth-order valence-electron chi connectivity index (χ4n) is 0.466. The average Bonchev–Trinajstić information content (AvgIpc) is 2.14. The molecule has 1 rings (SSSR count). The quantitative estimate of drug-likeness (QED) is 0.428. The molecule has 3 heteroatoms. The summed E-state index contributed by atoms with van der Waals surface area (Å²) in [4.78, 5) is 0. The van der Waals surface area contributed by atoms with Crippen molar-refractivity contribution in [2.24, 2.45) is 0 Å². The van der Waals surface area contributed by atoms with Gasteiger partial charge in [0.2, 0.25) is 0 Å². The summed E-state index contributed by atoms with van der Waals surface area (Å²) in [5.41, 5.74) is 9.63. The lowest BCUT2D eigenvalue weighted by atomic mass is 10.4. The lowest BCUT2D eigenvalue weighted by Crippen LogP contribution is -2.31. The van der Waals surface area contributed by atoms with E-state index in [0.29, 0.717) is 0 Å². The van der Waals surface area contributed by atoms with Crippen LogP contribution in [0.1, 0.15) is 13.3 Å². The molecule has 1 aliphatic heterocycles. The Morgan fingerprint density at radius 1 is 1.71 bits per heavy atom. The van der Waals surface area contributed by atoms with Gasteiger partial charge in [0.05, 0.1) is 0 Å². The van der Waals surface area contributed by atoms with Crippen LogP contribution in [-0.4, -0.2) is 0 Å². The molecule has 0 saturated heterocycles. The Kier molecular flexibility index (Phi) is 1.17. The van der Waals surface area contributed by atoms with E-state index in [0.717, 1.165) is 6.42 Å². The molecule has 7 heavy (non-hydrogen) atoms. The molecule has 0 saturated carbocycles. The Morgan fingerprint density at radius 2 is 2.57 bits per heavy atom. The first-order valence-corrected chi connectivity index (χ1v) is 2.39. The van der Waals surface area contributed by atoms with Gasteiger partial charge in [0, 0.05) is 11.9 Å². The van der Waals surface area contributed by atoms with Crippen molar-refractivity contribution >= 4 is 0 Å². The summed E-state index contributed by atoms with van der Waals surface area (Å²) in [6.45, 7) is 2.09. The van der Waals surface area contributed by atoms with Gasteiger partial charge in [-0.3, -0.25) is 0 Å². The van der Waals surface area contributed by atoms with Crippen LogP contribution in [-0.2, 0) is 0 Å². The molecule has 0 unspecified atom stereocenters. The summed E-state index contributed by atoms with van der Waals surface area (Å²) >= 11 is 0. The summed E-state index contributed by atoms with van der Waals surface area (Å²) in [7, 11) is 0. The van der Waals surface area contributed by atoms with Crippen molar-refractivity contribution in [3.8, 4) is 0 Å². The second-order valence-corrected chi connectivity index (χ2v) is 1.42. The molecule has 0 bridgehead atoms. The largest absolute Gasteiger partial charge is 0.310 e. The number of allylic oxidation sites excluding steroid dienone is 1. The zero-order valence-corrected chi connectivity index (χ0v) is 4.28. The molecule has 0 radical (unpaired) electrons. The van der Waals surface area contributed by atoms with Gasteiger partial charge in [-0.2, -0.15) is 5.53 Å². The lowest BCUT2D eigenvalue weighted by molar-refractivity contribution is 0.592. The summed E-state index contributed by atoms with van der Waals surface area (Å²) in [6, 6.07) is 0. The van der Waals surface area contributed by atoms with Gasteiger partial charge in [0.25, 0.3) is 0 Å². The van der Waals surface area contributed by atoms with Gasteiger partial charge in [-0.05, 0) is 6.42 Å². The predicted octanol–water partition coefficient (Wildman–Crippen LogP) is -0.150. The molecule has 0 atom stereocenters. The van der Waals surface area contributed by atoms with Crippen LogP contribution in [0, 0.1) is 0 Å². The van der Waals surface area contributed by atoms with Crippen molar-refractivity contribution in [2.45, 2.75) is 13.3 Å². The van der Waals surface area contributed by atoms with E-state index >= 15 is 0 Å². The highest BCUT2D eigenvalue weighted by atomic mass is 15.6. The van der Waals surface area contributed by atoms with Crippen molar-refractivity contribution in [3.05, 3.63) is 11.9 Å². The van der Waals surface area contributed by atoms with Crippen LogP contribution in [0.2, 0.25) is 0 Å². The maximum atomic E-state index is 2.91. The van der Waals surface area contributed by atoms with E-state index in [2.05, 4.69) is 23.3 Å². The highest BCUT2D eigenvalue weighted by molar-refractivity contribution is 4.98. The third-order valence-electron chi connectivity index (χ3n) is 0.923. The fourth-order valence-corrected chi connectivity index (χ4v) is 0.466. The van der Waals surface area contributed by atoms with Crippen molar-refractivity contribution < 1.29 is 0 Å². The molecule has 0 aromatic rings. The van der Waals surface area contributed by atoms with E-state index in [-0.39, 0.29) is 0 Å². The van der Waals surface area contributed by atoms with Crippen LogP contribution in [0.4, 0.5) is 0 Å². The third-order valence-corrected chi connectivity index (χ3v) is 0.923. The van der Waals surface area contributed by atoms with Gasteiger partial charge < -0.3 is 10.9 Å². The van der Waals surface area contributed by atoms with Crippen molar-refractivity contribution in [3.63, 3.8) is 0 Å². The minimum atomic E-state index is 1.04. The molecule has 0 fully saturated rings. The molecule has 0 aromatic carbocycles. The van der Waals surface area contributed by atoms with Gasteiger partial charge in [0.1, 0.15) is 0 Å².